The third-order valence-electron chi connectivity index (χ3n) is 2.93. The summed E-state index contributed by atoms with van der Waals surface area (Å²) in [6, 6.07) is 3.01. The van der Waals surface area contributed by atoms with Crippen LogP contribution < -0.4 is 10.5 Å². The van der Waals surface area contributed by atoms with Crippen molar-refractivity contribution in [3.05, 3.63) is 18.3 Å². The molecule has 1 rings (SSSR count). The number of hydrogen-bond donors (Lipinski definition) is 2. The van der Waals surface area contributed by atoms with Gasteiger partial charge in [0.15, 0.2) is 0 Å². The highest BCUT2D eigenvalue weighted by atomic mass is 32.2. The van der Waals surface area contributed by atoms with Crippen molar-refractivity contribution in [2.24, 2.45) is 0 Å². The van der Waals surface area contributed by atoms with Crippen LogP contribution in [0.3, 0.4) is 0 Å². The smallest absolute Gasteiger partial charge is 0.244 e. The molecule has 0 unspecified atom stereocenters. The van der Waals surface area contributed by atoms with E-state index in [4.69, 9.17) is 5.73 Å². The Labute approximate surface area is 115 Å². The van der Waals surface area contributed by atoms with Crippen LogP contribution in [0, 0.1) is 0 Å². The Morgan fingerprint density at radius 2 is 2.05 bits per heavy atom. The average Bonchev–Trinajstić information content (AvgIpc) is 2.39. The van der Waals surface area contributed by atoms with Crippen molar-refractivity contribution in [2.45, 2.75) is 25.2 Å². The van der Waals surface area contributed by atoms with Gasteiger partial charge in [-0.15, -0.1) is 0 Å². The molecule has 0 aliphatic carbocycles. The van der Waals surface area contributed by atoms with Crippen molar-refractivity contribution >= 4 is 15.8 Å². The van der Waals surface area contributed by atoms with Gasteiger partial charge in [-0.05, 0) is 38.2 Å². The minimum atomic E-state index is -3.56. The van der Waals surface area contributed by atoms with Gasteiger partial charge >= 0.3 is 0 Å². The molecule has 0 aliphatic heterocycles. The first-order chi connectivity index (χ1) is 9.01. The quantitative estimate of drug-likeness (QED) is 0.686. The predicted octanol–water partition coefficient (Wildman–Crippen LogP) is 0.674. The topological polar surface area (TPSA) is 88.3 Å². The third-order valence-corrected chi connectivity index (χ3v) is 4.44. The van der Waals surface area contributed by atoms with Crippen molar-refractivity contribution in [3.8, 4) is 0 Å². The fraction of sp³-hybridized carbons (Fsp3) is 0.583. The van der Waals surface area contributed by atoms with E-state index in [-0.39, 0.29) is 10.7 Å². The molecule has 0 spiro atoms. The molecule has 1 aromatic rings. The van der Waals surface area contributed by atoms with Crippen LogP contribution in [0.15, 0.2) is 23.2 Å². The molecule has 0 aliphatic rings. The van der Waals surface area contributed by atoms with Crippen LogP contribution in [0.4, 0.5) is 5.82 Å². The van der Waals surface area contributed by atoms with Crippen molar-refractivity contribution in [1.82, 2.24) is 14.6 Å². The molecule has 0 radical (unpaired) electrons. The summed E-state index contributed by atoms with van der Waals surface area (Å²) in [7, 11) is -3.56. The zero-order valence-electron chi connectivity index (χ0n) is 11.5. The summed E-state index contributed by atoms with van der Waals surface area (Å²) in [5.74, 6) is 0.0266. The highest BCUT2D eigenvalue weighted by Gasteiger charge is 2.16. The number of sulfonamides is 1. The van der Waals surface area contributed by atoms with Gasteiger partial charge in [0.1, 0.15) is 10.7 Å². The number of pyridine rings is 1. The minimum absolute atomic E-state index is 0.0266. The lowest BCUT2D eigenvalue weighted by Gasteiger charge is -2.17. The summed E-state index contributed by atoms with van der Waals surface area (Å²) < 4.78 is 26.5. The van der Waals surface area contributed by atoms with Gasteiger partial charge in [0.2, 0.25) is 10.0 Å². The molecule has 3 N–H and O–H groups in total. The molecule has 19 heavy (non-hydrogen) atoms. The van der Waals surface area contributed by atoms with Crippen molar-refractivity contribution in [1.29, 1.82) is 0 Å². The SMILES string of the molecule is CCN(CC)CCCNS(=O)(=O)c1cccnc1N. The Balaban J connectivity index is 2.51. The second-order valence-corrected chi connectivity index (χ2v) is 5.90. The number of nitrogens with two attached hydrogens (primary N) is 1. The van der Waals surface area contributed by atoms with E-state index in [1.54, 1.807) is 6.07 Å². The number of nitrogens with zero attached hydrogens (tertiary/aromatic N) is 2. The molecular formula is C12H22N4O2S. The first-order valence-electron chi connectivity index (χ1n) is 6.43. The van der Waals surface area contributed by atoms with Gasteiger partial charge in [0, 0.05) is 12.7 Å². The molecule has 0 saturated heterocycles. The molecule has 1 heterocycles. The van der Waals surface area contributed by atoms with E-state index >= 15 is 0 Å². The van der Waals surface area contributed by atoms with E-state index in [1.807, 2.05) is 0 Å². The summed E-state index contributed by atoms with van der Waals surface area (Å²) in [4.78, 5) is 6.06. The Kier molecular flexibility index (Phi) is 6.20. The van der Waals surface area contributed by atoms with Gasteiger partial charge in [-0.3, -0.25) is 0 Å². The first-order valence-corrected chi connectivity index (χ1v) is 7.92. The third kappa shape index (κ3) is 4.77. The molecule has 0 amide bonds. The molecule has 0 bridgehead atoms. The van der Waals surface area contributed by atoms with E-state index in [9.17, 15) is 8.42 Å². The maximum atomic E-state index is 12.0. The standard InChI is InChI=1S/C12H22N4O2S/c1-3-16(4-2)10-6-9-15-19(17,18)11-7-5-8-14-12(11)13/h5,7-8,15H,3-4,6,9-10H2,1-2H3,(H2,13,14). The Bertz CT molecular complexity index is 486. The molecule has 1 aromatic heterocycles. The highest BCUT2D eigenvalue weighted by Crippen LogP contribution is 2.13. The Hall–Kier alpha value is -1.18. The number of hydrogen-bond acceptors (Lipinski definition) is 5. The monoisotopic (exact) mass is 286 g/mol. The molecule has 0 aromatic carbocycles. The fourth-order valence-corrected chi connectivity index (χ4v) is 2.91. The van der Waals surface area contributed by atoms with E-state index in [0.717, 1.165) is 26.1 Å². The van der Waals surface area contributed by atoms with Crippen molar-refractivity contribution in [3.63, 3.8) is 0 Å². The lowest BCUT2D eigenvalue weighted by molar-refractivity contribution is 0.300. The number of nitrogen functional groups attached to an aromatic ring is 1. The lowest BCUT2D eigenvalue weighted by atomic mass is 10.4. The second kappa shape index (κ2) is 7.42. The summed E-state index contributed by atoms with van der Waals surface area (Å²) >= 11 is 0. The largest absolute Gasteiger partial charge is 0.383 e. The molecule has 6 nitrogen and oxygen atoms in total. The number of rotatable bonds is 8. The lowest BCUT2D eigenvalue weighted by Crippen LogP contribution is -2.30. The Morgan fingerprint density at radius 1 is 1.37 bits per heavy atom. The van der Waals surface area contributed by atoms with E-state index in [0.29, 0.717) is 6.54 Å². The second-order valence-electron chi connectivity index (χ2n) is 4.16. The summed E-state index contributed by atoms with van der Waals surface area (Å²) in [5.41, 5.74) is 5.56. The van der Waals surface area contributed by atoms with Crippen LogP contribution in [0.5, 0.6) is 0 Å². The van der Waals surface area contributed by atoms with Crippen LogP contribution >= 0.6 is 0 Å². The summed E-state index contributed by atoms with van der Waals surface area (Å²) in [6.07, 6.45) is 2.23. The number of anilines is 1. The fourth-order valence-electron chi connectivity index (χ4n) is 1.76. The molecule has 7 heteroatoms. The molecule has 108 valence electrons. The van der Waals surface area contributed by atoms with Crippen LogP contribution in [-0.2, 0) is 10.0 Å². The Morgan fingerprint density at radius 3 is 2.63 bits per heavy atom. The van der Waals surface area contributed by atoms with Gasteiger partial charge in [-0.1, -0.05) is 13.8 Å². The average molecular weight is 286 g/mol. The van der Waals surface area contributed by atoms with Crippen LogP contribution in [0.25, 0.3) is 0 Å². The van der Waals surface area contributed by atoms with Gasteiger partial charge in [0.05, 0.1) is 0 Å². The van der Waals surface area contributed by atoms with Crippen LogP contribution in [-0.4, -0.2) is 44.5 Å². The highest BCUT2D eigenvalue weighted by molar-refractivity contribution is 7.89. The van der Waals surface area contributed by atoms with Gasteiger partial charge in [0.25, 0.3) is 0 Å². The zero-order valence-corrected chi connectivity index (χ0v) is 12.3. The molecule has 0 fully saturated rings. The van der Waals surface area contributed by atoms with E-state index in [2.05, 4.69) is 28.5 Å². The van der Waals surface area contributed by atoms with Crippen LogP contribution in [0.1, 0.15) is 20.3 Å². The molecular weight excluding hydrogens is 264 g/mol. The van der Waals surface area contributed by atoms with Crippen molar-refractivity contribution < 1.29 is 8.42 Å². The summed E-state index contributed by atoms with van der Waals surface area (Å²) in [5, 5.41) is 0. The van der Waals surface area contributed by atoms with Gasteiger partial charge in [-0.25, -0.2) is 18.1 Å². The number of nitrogens with one attached hydrogen (secondary N) is 1. The maximum Gasteiger partial charge on any atom is 0.244 e. The van der Waals surface area contributed by atoms with Gasteiger partial charge < -0.3 is 10.6 Å². The van der Waals surface area contributed by atoms with E-state index < -0.39 is 10.0 Å². The molecule has 0 atom stereocenters. The molecule has 0 saturated carbocycles. The normalized spacial score (nSPS) is 11.9. The van der Waals surface area contributed by atoms with Crippen molar-refractivity contribution in [2.75, 3.05) is 31.9 Å². The minimum Gasteiger partial charge on any atom is -0.383 e. The first kappa shape index (κ1) is 15.9. The van der Waals surface area contributed by atoms with Crippen LogP contribution in [0.2, 0.25) is 0 Å². The maximum absolute atomic E-state index is 12.0. The number of aromatic nitrogens is 1. The summed E-state index contributed by atoms with van der Waals surface area (Å²) in [6.45, 7) is 7.39. The predicted molar refractivity (Wildman–Crippen MR) is 76.2 cm³/mol. The zero-order chi connectivity index (χ0) is 14.3. The van der Waals surface area contributed by atoms with E-state index in [1.165, 1.54) is 12.3 Å². The van der Waals surface area contributed by atoms with Gasteiger partial charge in [-0.2, -0.15) is 0 Å².